The molecule has 2 aromatic rings. The monoisotopic (exact) mass is 363 g/mol. The van der Waals surface area contributed by atoms with Crippen LogP contribution in [-0.2, 0) is 4.79 Å². The molecule has 0 unspecified atom stereocenters. The maximum Gasteiger partial charge on any atom is 0.231 e. The van der Waals surface area contributed by atoms with Crippen LogP contribution in [0.3, 0.4) is 0 Å². The highest BCUT2D eigenvalue weighted by Gasteiger charge is 2.25. The van der Waals surface area contributed by atoms with Crippen molar-refractivity contribution in [3.05, 3.63) is 29.3 Å². The number of carbonyl (C=O) groups excluding carboxylic acids is 1. The number of aromatic nitrogens is 4. The molecule has 6 nitrogen and oxygen atoms in total. The van der Waals surface area contributed by atoms with E-state index in [0.717, 1.165) is 5.69 Å². The zero-order chi connectivity index (χ0) is 17.6. The van der Waals surface area contributed by atoms with E-state index in [1.807, 2.05) is 26.0 Å². The summed E-state index contributed by atoms with van der Waals surface area (Å²) in [5, 5.41) is 15.6. The first-order valence-corrected chi connectivity index (χ1v) is 8.86. The zero-order valence-corrected chi connectivity index (χ0v) is 15.1. The minimum Gasteiger partial charge on any atom is -0.339 e. The van der Waals surface area contributed by atoms with E-state index in [9.17, 15) is 4.79 Å². The van der Waals surface area contributed by atoms with Gasteiger partial charge in [0.25, 0.3) is 0 Å². The van der Waals surface area contributed by atoms with Crippen molar-refractivity contribution in [3.8, 4) is 18.0 Å². The van der Waals surface area contributed by atoms with Crippen LogP contribution in [-0.4, -0.2) is 37.4 Å². The minimum absolute atomic E-state index is 0.151. The highest BCUT2D eigenvalue weighted by atomic mass is 35.5. The van der Waals surface area contributed by atoms with Crippen molar-refractivity contribution in [1.82, 2.24) is 25.5 Å². The van der Waals surface area contributed by atoms with Crippen LogP contribution >= 0.6 is 23.4 Å². The molecule has 0 spiro atoms. The Morgan fingerprint density at radius 3 is 2.83 bits per heavy atom. The van der Waals surface area contributed by atoms with Crippen molar-refractivity contribution < 1.29 is 4.79 Å². The Morgan fingerprint density at radius 2 is 2.21 bits per heavy atom. The summed E-state index contributed by atoms with van der Waals surface area (Å²) in [6.07, 6.45) is 6.92. The number of hydrogen-bond acceptors (Lipinski definition) is 5. The van der Waals surface area contributed by atoms with E-state index in [1.54, 1.807) is 12.1 Å². The Balaban J connectivity index is 2.05. The number of tetrazole rings is 1. The van der Waals surface area contributed by atoms with Gasteiger partial charge in [-0.2, -0.15) is 4.68 Å². The van der Waals surface area contributed by atoms with Crippen LogP contribution in [0.15, 0.2) is 29.4 Å². The normalized spacial score (nSPS) is 11.1. The molecule has 8 heteroatoms. The predicted octanol–water partition coefficient (Wildman–Crippen LogP) is 2.72. The van der Waals surface area contributed by atoms with Crippen LogP contribution in [0.5, 0.6) is 0 Å². The Hall–Kier alpha value is -2.04. The molecule has 0 aliphatic rings. The lowest BCUT2D eigenvalue weighted by molar-refractivity contribution is -0.119. The molecule has 1 aromatic heterocycles. The van der Waals surface area contributed by atoms with Crippen LogP contribution in [0.1, 0.15) is 26.7 Å². The first kappa shape index (κ1) is 18.3. The second-order valence-corrected chi connectivity index (χ2v) is 6.50. The summed E-state index contributed by atoms with van der Waals surface area (Å²) >= 11 is 7.23. The third-order valence-electron chi connectivity index (χ3n) is 3.69. The van der Waals surface area contributed by atoms with Crippen LogP contribution < -0.4 is 5.32 Å². The Labute approximate surface area is 150 Å². The first-order chi connectivity index (χ1) is 11.5. The Bertz CT molecular complexity index is 751. The van der Waals surface area contributed by atoms with Crippen LogP contribution in [0.25, 0.3) is 5.69 Å². The molecule has 0 bridgehead atoms. The average Bonchev–Trinajstić information content (AvgIpc) is 3.06. The third-order valence-corrected chi connectivity index (χ3v) is 4.84. The largest absolute Gasteiger partial charge is 0.339 e. The Morgan fingerprint density at radius 1 is 1.46 bits per heavy atom. The maximum atomic E-state index is 12.2. The van der Waals surface area contributed by atoms with Gasteiger partial charge in [-0.25, -0.2) is 0 Å². The molecule has 0 saturated carbocycles. The standard InChI is InChI=1S/C16H18ClN5OS/c1-4-16(5-2,6-3)18-14(23)11-24-15-19-20-21-22(15)13-9-7-8-12(17)10-13/h1,7-10H,5-6,11H2,2-3H3,(H,18,23). The summed E-state index contributed by atoms with van der Waals surface area (Å²) in [5.41, 5.74) is 0.131. The molecule has 126 valence electrons. The van der Waals surface area contributed by atoms with E-state index < -0.39 is 5.54 Å². The molecule has 0 aliphatic carbocycles. The molecule has 1 amide bonds. The number of thioether (sulfide) groups is 1. The summed E-state index contributed by atoms with van der Waals surface area (Å²) in [7, 11) is 0. The number of hydrogen-bond donors (Lipinski definition) is 1. The SMILES string of the molecule is C#CC(CC)(CC)NC(=O)CSc1nnnn1-c1cccc(Cl)c1. The van der Waals surface area contributed by atoms with E-state index in [0.29, 0.717) is 23.0 Å². The average molecular weight is 364 g/mol. The number of halogens is 1. The van der Waals surface area contributed by atoms with Crippen LogP contribution in [0, 0.1) is 12.3 Å². The molecule has 24 heavy (non-hydrogen) atoms. The molecule has 1 N–H and O–H groups in total. The van der Waals surface area contributed by atoms with E-state index in [4.69, 9.17) is 18.0 Å². The molecular weight excluding hydrogens is 346 g/mol. The van der Waals surface area contributed by atoms with Gasteiger partial charge in [-0.3, -0.25) is 4.79 Å². The zero-order valence-electron chi connectivity index (χ0n) is 13.5. The van der Waals surface area contributed by atoms with Gasteiger partial charge in [0, 0.05) is 5.02 Å². The Kier molecular flexibility index (Phi) is 6.23. The van der Waals surface area contributed by atoms with Crippen molar-refractivity contribution in [1.29, 1.82) is 0 Å². The van der Waals surface area contributed by atoms with Gasteiger partial charge in [-0.15, -0.1) is 11.5 Å². The second kappa shape index (κ2) is 8.18. The molecule has 0 fully saturated rings. The van der Waals surface area contributed by atoms with Crippen LogP contribution in [0.4, 0.5) is 0 Å². The lowest BCUT2D eigenvalue weighted by atomic mass is 9.94. The maximum absolute atomic E-state index is 12.2. The van der Waals surface area contributed by atoms with Crippen molar-refractivity contribution in [2.75, 3.05) is 5.75 Å². The quantitative estimate of drug-likeness (QED) is 0.604. The summed E-state index contributed by atoms with van der Waals surface area (Å²) < 4.78 is 1.54. The number of rotatable bonds is 7. The summed E-state index contributed by atoms with van der Waals surface area (Å²) in [6.45, 7) is 3.91. The second-order valence-electron chi connectivity index (χ2n) is 5.12. The lowest BCUT2D eigenvalue weighted by Crippen LogP contribution is -2.47. The van der Waals surface area contributed by atoms with E-state index >= 15 is 0 Å². The molecular formula is C16H18ClN5OS. The molecule has 0 radical (unpaired) electrons. The number of amides is 1. The minimum atomic E-state index is -0.601. The number of nitrogens with one attached hydrogen (secondary N) is 1. The van der Waals surface area contributed by atoms with Crippen LogP contribution in [0.2, 0.25) is 5.02 Å². The number of carbonyl (C=O) groups is 1. The fourth-order valence-corrected chi connectivity index (χ4v) is 3.01. The molecule has 1 aromatic carbocycles. The summed E-state index contributed by atoms with van der Waals surface area (Å²) in [5.74, 6) is 2.70. The lowest BCUT2D eigenvalue weighted by Gasteiger charge is -2.26. The molecule has 2 rings (SSSR count). The van der Waals surface area contributed by atoms with Gasteiger partial charge in [-0.1, -0.05) is 49.2 Å². The number of terminal acetylenes is 1. The number of benzene rings is 1. The highest BCUT2D eigenvalue weighted by molar-refractivity contribution is 7.99. The smallest absolute Gasteiger partial charge is 0.231 e. The van der Waals surface area contributed by atoms with Crippen molar-refractivity contribution in [2.24, 2.45) is 0 Å². The molecule has 0 saturated heterocycles. The van der Waals surface area contributed by atoms with Crippen molar-refractivity contribution >= 4 is 29.3 Å². The van der Waals surface area contributed by atoms with Gasteiger partial charge in [0.1, 0.15) is 5.54 Å². The van der Waals surface area contributed by atoms with Gasteiger partial charge in [0.05, 0.1) is 11.4 Å². The first-order valence-electron chi connectivity index (χ1n) is 7.49. The van der Waals surface area contributed by atoms with Gasteiger partial charge in [0.15, 0.2) is 0 Å². The van der Waals surface area contributed by atoms with Gasteiger partial charge < -0.3 is 5.32 Å². The molecule has 0 aliphatic heterocycles. The highest BCUT2D eigenvalue weighted by Crippen LogP contribution is 2.21. The van der Waals surface area contributed by atoms with Gasteiger partial charge in [0.2, 0.25) is 11.1 Å². The summed E-state index contributed by atoms with van der Waals surface area (Å²) in [4.78, 5) is 12.2. The van der Waals surface area contributed by atoms with E-state index in [-0.39, 0.29) is 11.7 Å². The molecule has 0 atom stereocenters. The summed E-state index contributed by atoms with van der Waals surface area (Å²) in [6, 6.07) is 7.17. The topological polar surface area (TPSA) is 72.7 Å². The predicted molar refractivity (Wildman–Crippen MR) is 95.2 cm³/mol. The fourth-order valence-electron chi connectivity index (χ4n) is 2.14. The van der Waals surface area contributed by atoms with Gasteiger partial charge in [-0.05, 0) is 41.5 Å². The van der Waals surface area contributed by atoms with E-state index in [2.05, 4.69) is 26.8 Å². The van der Waals surface area contributed by atoms with Crippen molar-refractivity contribution in [3.63, 3.8) is 0 Å². The third kappa shape index (κ3) is 4.28. The van der Waals surface area contributed by atoms with Gasteiger partial charge >= 0.3 is 0 Å². The molecule has 1 heterocycles. The van der Waals surface area contributed by atoms with Crippen molar-refractivity contribution in [2.45, 2.75) is 37.4 Å². The number of nitrogens with zero attached hydrogens (tertiary/aromatic N) is 4. The van der Waals surface area contributed by atoms with E-state index in [1.165, 1.54) is 16.4 Å². The fraction of sp³-hybridized carbons (Fsp3) is 0.375.